The number of aryl methyl sites for hydroxylation is 1. The summed E-state index contributed by atoms with van der Waals surface area (Å²) >= 11 is 3.48. The van der Waals surface area contributed by atoms with Crippen LogP contribution in [-0.4, -0.2) is 23.6 Å². The maximum absolute atomic E-state index is 3.48. The van der Waals surface area contributed by atoms with E-state index in [4.69, 9.17) is 0 Å². The highest BCUT2D eigenvalue weighted by molar-refractivity contribution is 9.10. The van der Waals surface area contributed by atoms with E-state index in [1.165, 1.54) is 5.56 Å². The van der Waals surface area contributed by atoms with E-state index in [0.29, 0.717) is 6.04 Å². The van der Waals surface area contributed by atoms with Crippen LogP contribution in [-0.2, 0) is 7.05 Å². The lowest BCUT2D eigenvalue weighted by atomic mass is 10.2. The molecular formula is C9H15BrN2. The molecule has 0 radical (unpaired) electrons. The second kappa shape index (κ2) is 3.62. The number of hydrogen-bond acceptors (Lipinski definition) is 1. The summed E-state index contributed by atoms with van der Waals surface area (Å²) in [4.78, 5) is 2.20. The Labute approximate surface area is 82.3 Å². The van der Waals surface area contributed by atoms with Crippen LogP contribution >= 0.6 is 15.9 Å². The molecule has 0 aliphatic carbocycles. The van der Waals surface area contributed by atoms with E-state index >= 15 is 0 Å². The molecule has 68 valence electrons. The summed E-state index contributed by atoms with van der Waals surface area (Å²) < 4.78 is 3.21. The van der Waals surface area contributed by atoms with Crippen molar-refractivity contribution in [2.45, 2.75) is 13.0 Å². The molecule has 0 aliphatic rings. The van der Waals surface area contributed by atoms with Crippen LogP contribution in [0.4, 0.5) is 0 Å². The van der Waals surface area contributed by atoms with Gasteiger partial charge in [0.05, 0.1) is 4.60 Å². The summed E-state index contributed by atoms with van der Waals surface area (Å²) in [5.41, 5.74) is 1.34. The molecule has 0 amide bonds. The van der Waals surface area contributed by atoms with Crippen molar-refractivity contribution in [3.63, 3.8) is 0 Å². The maximum Gasteiger partial charge on any atom is 0.0847 e. The van der Waals surface area contributed by atoms with Crippen LogP contribution in [0, 0.1) is 0 Å². The van der Waals surface area contributed by atoms with Crippen molar-refractivity contribution in [2.75, 3.05) is 14.1 Å². The summed E-state index contributed by atoms with van der Waals surface area (Å²) in [6, 6.07) is 2.63. The van der Waals surface area contributed by atoms with Crippen molar-refractivity contribution in [3.8, 4) is 0 Å². The zero-order valence-electron chi connectivity index (χ0n) is 8.00. The predicted molar refractivity (Wildman–Crippen MR) is 55.2 cm³/mol. The van der Waals surface area contributed by atoms with E-state index in [2.05, 4.69) is 58.7 Å². The van der Waals surface area contributed by atoms with E-state index in [1.807, 2.05) is 7.05 Å². The highest BCUT2D eigenvalue weighted by Crippen LogP contribution is 2.22. The van der Waals surface area contributed by atoms with Crippen molar-refractivity contribution in [3.05, 3.63) is 22.4 Å². The molecule has 2 nitrogen and oxygen atoms in total. The van der Waals surface area contributed by atoms with E-state index in [1.54, 1.807) is 0 Å². The fourth-order valence-corrected chi connectivity index (χ4v) is 1.46. The molecule has 0 bridgehead atoms. The Morgan fingerprint density at radius 3 is 2.42 bits per heavy atom. The van der Waals surface area contributed by atoms with Gasteiger partial charge >= 0.3 is 0 Å². The maximum atomic E-state index is 3.48. The molecule has 0 aromatic carbocycles. The first kappa shape index (κ1) is 9.81. The highest BCUT2D eigenvalue weighted by Gasteiger charge is 2.10. The Balaban J connectivity index is 2.89. The number of rotatable bonds is 2. The molecular weight excluding hydrogens is 216 g/mol. The summed E-state index contributed by atoms with van der Waals surface area (Å²) in [5, 5.41) is 0. The van der Waals surface area contributed by atoms with Gasteiger partial charge in [0.15, 0.2) is 0 Å². The van der Waals surface area contributed by atoms with Crippen LogP contribution in [0.25, 0.3) is 0 Å². The molecule has 1 aromatic heterocycles. The van der Waals surface area contributed by atoms with Crippen molar-refractivity contribution in [2.24, 2.45) is 7.05 Å². The Hall–Kier alpha value is -0.280. The minimum Gasteiger partial charge on any atom is -0.345 e. The molecule has 0 saturated heterocycles. The zero-order chi connectivity index (χ0) is 9.30. The van der Waals surface area contributed by atoms with Gasteiger partial charge in [0.2, 0.25) is 0 Å². The van der Waals surface area contributed by atoms with Crippen molar-refractivity contribution in [1.29, 1.82) is 0 Å². The quantitative estimate of drug-likeness (QED) is 0.758. The number of halogens is 1. The van der Waals surface area contributed by atoms with Crippen molar-refractivity contribution in [1.82, 2.24) is 9.47 Å². The largest absolute Gasteiger partial charge is 0.345 e. The lowest BCUT2D eigenvalue weighted by molar-refractivity contribution is 0.321. The van der Waals surface area contributed by atoms with Gasteiger partial charge in [-0.2, -0.15) is 0 Å². The van der Waals surface area contributed by atoms with Gasteiger partial charge in [-0.1, -0.05) is 0 Å². The van der Waals surface area contributed by atoms with Gasteiger partial charge in [-0.05, 0) is 48.6 Å². The lowest BCUT2D eigenvalue weighted by Crippen LogP contribution is -2.16. The minimum atomic E-state index is 0.475. The first-order chi connectivity index (χ1) is 5.52. The first-order valence-corrected chi connectivity index (χ1v) is 4.80. The third-order valence-electron chi connectivity index (χ3n) is 2.22. The van der Waals surface area contributed by atoms with E-state index in [-0.39, 0.29) is 0 Å². The van der Waals surface area contributed by atoms with Crippen LogP contribution in [0.1, 0.15) is 18.5 Å². The van der Waals surface area contributed by atoms with Gasteiger partial charge in [0.1, 0.15) is 0 Å². The minimum absolute atomic E-state index is 0.475. The Morgan fingerprint density at radius 1 is 1.50 bits per heavy atom. The Kier molecular flexibility index (Phi) is 2.96. The lowest BCUT2D eigenvalue weighted by Gasteiger charge is -2.18. The van der Waals surface area contributed by atoms with Crippen LogP contribution in [0.2, 0.25) is 0 Å². The Morgan fingerprint density at radius 2 is 2.08 bits per heavy atom. The van der Waals surface area contributed by atoms with Crippen LogP contribution in [0.3, 0.4) is 0 Å². The van der Waals surface area contributed by atoms with Crippen LogP contribution in [0.5, 0.6) is 0 Å². The van der Waals surface area contributed by atoms with Crippen LogP contribution < -0.4 is 0 Å². The number of aromatic nitrogens is 1. The second-order valence-electron chi connectivity index (χ2n) is 3.35. The molecule has 12 heavy (non-hydrogen) atoms. The van der Waals surface area contributed by atoms with E-state index in [0.717, 1.165) is 4.60 Å². The average molecular weight is 231 g/mol. The third-order valence-corrected chi connectivity index (χ3v) is 3.01. The van der Waals surface area contributed by atoms with Gasteiger partial charge in [-0.15, -0.1) is 0 Å². The Bertz CT molecular complexity index is 246. The average Bonchev–Trinajstić information content (AvgIpc) is 2.30. The van der Waals surface area contributed by atoms with Gasteiger partial charge in [0, 0.05) is 19.3 Å². The molecule has 3 heteroatoms. The van der Waals surface area contributed by atoms with Gasteiger partial charge in [-0.3, -0.25) is 0 Å². The zero-order valence-corrected chi connectivity index (χ0v) is 9.59. The summed E-state index contributed by atoms with van der Waals surface area (Å²) in [7, 11) is 6.22. The fraction of sp³-hybridized carbons (Fsp3) is 0.556. The predicted octanol–water partition coefficient (Wildman–Crippen LogP) is 2.41. The van der Waals surface area contributed by atoms with E-state index in [9.17, 15) is 0 Å². The topological polar surface area (TPSA) is 8.17 Å². The summed E-state index contributed by atoms with van der Waals surface area (Å²) in [5.74, 6) is 0. The molecule has 0 aliphatic heterocycles. The summed E-state index contributed by atoms with van der Waals surface area (Å²) in [6.07, 6.45) is 2.15. The number of nitrogens with zero attached hydrogens (tertiary/aromatic N) is 2. The highest BCUT2D eigenvalue weighted by atomic mass is 79.9. The van der Waals surface area contributed by atoms with Gasteiger partial charge < -0.3 is 9.47 Å². The molecule has 1 rings (SSSR count). The molecule has 1 aromatic rings. The molecule has 0 N–H and O–H groups in total. The first-order valence-electron chi connectivity index (χ1n) is 4.00. The van der Waals surface area contributed by atoms with Crippen molar-refractivity contribution >= 4 is 15.9 Å². The van der Waals surface area contributed by atoms with Gasteiger partial charge in [-0.25, -0.2) is 0 Å². The second-order valence-corrected chi connectivity index (χ2v) is 4.16. The SMILES string of the molecule is CC(c1cc(Br)n(C)c1)N(C)C. The van der Waals surface area contributed by atoms with E-state index < -0.39 is 0 Å². The van der Waals surface area contributed by atoms with Gasteiger partial charge in [0.25, 0.3) is 0 Å². The third kappa shape index (κ3) is 1.90. The normalized spacial score (nSPS) is 13.8. The molecule has 0 spiro atoms. The smallest absolute Gasteiger partial charge is 0.0847 e. The molecule has 1 heterocycles. The monoisotopic (exact) mass is 230 g/mol. The van der Waals surface area contributed by atoms with Crippen molar-refractivity contribution < 1.29 is 0 Å². The standard InChI is InChI=1S/C9H15BrN2/c1-7(11(2)3)8-5-9(10)12(4)6-8/h5-7H,1-4H3. The summed E-state index contributed by atoms with van der Waals surface area (Å²) in [6.45, 7) is 2.20. The molecule has 0 saturated carbocycles. The number of hydrogen-bond donors (Lipinski definition) is 0. The van der Waals surface area contributed by atoms with Crippen LogP contribution in [0.15, 0.2) is 16.9 Å². The fourth-order valence-electron chi connectivity index (χ4n) is 1.09. The molecule has 1 atom stereocenters. The molecule has 1 unspecified atom stereocenters. The molecule has 0 fully saturated rings.